The van der Waals surface area contributed by atoms with E-state index < -0.39 is 12.2 Å². The number of imidazole rings is 1. The van der Waals surface area contributed by atoms with E-state index in [4.69, 9.17) is 4.74 Å². The van der Waals surface area contributed by atoms with Crippen LogP contribution in [-0.2, 0) is 4.74 Å². The normalized spacial score (nSPS) is 28.7. The van der Waals surface area contributed by atoms with Crippen molar-refractivity contribution in [3.8, 4) is 0 Å². The minimum atomic E-state index is -0.602. The molecular formula is C18H21N3O3S. The van der Waals surface area contributed by atoms with Crippen molar-refractivity contribution in [3.63, 3.8) is 0 Å². The first kappa shape index (κ1) is 16.8. The molecule has 0 saturated carbocycles. The summed E-state index contributed by atoms with van der Waals surface area (Å²) in [6.45, 7) is 0. The lowest BCUT2D eigenvalue weighted by molar-refractivity contribution is -0.00461. The smallest absolute Gasteiger partial charge is 0.160 e. The average Bonchev–Trinajstić information content (AvgIpc) is 3.16. The largest absolute Gasteiger partial charge is 0.390 e. The molecule has 2 unspecified atom stereocenters. The van der Waals surface area contributed by atoms with Gasteiger partial charge >= 0.3 is 0 Å². The van der Waals surface area contributed by atoms with Gasteiger partial charge in [0, 0.05) is 23.3 Å². The quantitative estimate of drug-likeness (QED) is 0.821. The van der Waals surface area contributed by atoms with E-state index in [9.17, 15) is 10.2 Å². The van der Waals surface area contributed by atoms with E-state index in [-0.39, 0.29) is 12.3 Å². The SMILES string of the molecule is OC1CCC=Nc2c1ncn2[C@H]1CC(O)[C@@H](CSc2ccccc2)O1. The summed E-state index contributed by atoms with van der Waals surface area (Å²) in [5.74, 6) is 1.32. The zero-order valence-corrected chi connectivity index (χ0v) is 14.5. The van der Waals surface area contributed by atoms with Crippen molar-refractivity contribution in [3.05, 3.63) is 42.4 Å². The van der Waals surface area contributed by atoms with E-state index in [1.807, 2.05) is 22.8 Å². The van der Waals surface area contributed by atoms with E-state index in [2.05, 4.69) is 22.1 Å². The highest BCUT2D eigenvalue weighted by Gasteiger charge is 2.36. The summed E-state index contributed by atoms with van der Waals surface area (Å²) < 4.78 is 7.91. The molecule has 4 atom stereocenters. The first-order chi connectivity index (χ1) is 12.2. The van der Waals surface area contributed by atoms with Crippen molar-refractivity contribution in [2.24, 2.45) is 4.99 Å². The number of ether oxygens (including phenoxy) is 1. The molecule has 0 spiro atoms. The topological polar surface area (TPSA) is 79.9 Å². The Balaban J connectivity index is 1.46. The van der Waals surface area contributed by atoms with E-state index in [0.29, 0.717) is 30.1 Å². The molecule has 25 heavy (non-hydrogen) atoms. The first-order valence-corrected chi connectivity index (χ1v) is 9.49. The fraction of sp³-hybridized carbons (Fsp3) is 0.444. The lowest BCUT2D eigenvalue weighted by atomic mass is 10.1. The van der Waals surface area contributed by atoms with Crippen LogP contribution in [0.15, 0.2) is 46.5 Å². The van der Waals surface area contributed by atoms with Crippen LogP contribution >= 0.6 is 11.8 Å². The lowest BCUT2D eigenvalue weighted by Gasteiger charge is -2.16. The van der Waals surface area contributed by atoms with E-state index >= 15 is 0 Å². The molecule has 2 N–H and O–H groups in total. The third-order valence-corrected chi connectivity index (χ3v) is 5.67. The predicted octanol–water partition coefficient (Wildman–Crippen LogP) is 2.85. The third-order valence-electron chi connectivity index (χ3n) is 4.57. The molecule has 2 aliphatic rings. The summed E-state index contributed by atoms with van der Waals surface area (Å²) >= 11 is 1.67. The number of aliphatic hydroxyl groups excluding tert-OH is 2. The molecule has 1 saturated heterocycles. The predicted molar refractivity (Wildman–Crippen MR) is 96.3 cm³/mol. The Kier molecular flexibility index (Phi) is 4.89. The number of fused-ring (bicyclic) bond motifs is 1. The van der Waals surface area contributed by atoms with Gasteiger partial charge in [-0.3, -0.25) is 4.57 Å². The molecule has 2 aromatic rings. The number of thioether (sulfide) groups is 1. The summed E-state index contributed by atoms with van der Waals surface area (Å²) in [6.07, 6.45) is 3.62. The van der Waals surface area contributed by atoms with Gasteiger partial charge in [-0.05, 0) is 25.0 Å². The van der Waals surface area contributed by atoms with Crippen molar-refractivity contribution < 1.29 is 14.9 Å². The fourth-order valence-corrected chi connectivity index (χ4v) is 4.21. The Hall–Kier alpha value is -1.67. The van der Waals surface area contributed by atoms with Crippen LogP contribution in [0.3, 0.4) is 0 Å². The Morgan fingerprint density at radius 2 is 2.08 bits per heavy atom. The molecule has 6 nitrogen and oxygen atoms in total. The summed E-state index contributed by atoms with van der Waals surface area (Å²) in [5.41, 5.74) is 0.592. The van der Waals surface area contributed by atoms with Gasteiger partial charge in [0.15, 0.2) is 5.82 Å². The van der Waals surface area contributed by atoms with Crippen molar-refractivity contribution >= 4 is 23.8 Å². The van der Waals surface area contributed by atoms with Gasteiger partial charge in [-0.15, -0.1) is 11.8 Å². The van der Waals surface area contributed by atoms with Gasteiger partial charge < -0.3 is 14.9 Å². The summed E-state index contributed by atoms with van der Waals surface area (Å²) in [7, 11) is 0. The highest BCUT2D eigenvalue weighted by molar-refractivity contribution is 7.99. The number of aliphatic hydroxyl groups is 2. The third kappa shape index (κ3) is 3.50. The van der Waals surface area contributed by atoms with Crippen molar-refractivity contribution in [1.29, 1.82) is 0 Å². The molecule has 1 fully saturated rings. The second kappa shape index (κ2) is 7.29. The van der Waals surface area contributed by atoms with E-state index in [0.717, 1.165) is 11.3 Å². The van der Waals surface area contributed by atoms with E-state index in [1.54, 1.807) is 24.3 Å². The maximum absolute atomic E-state index is 10.4. The number of aliphatic imine (C=N–C) groups is 1. The number of benzene rings is 1. The zero-order valence-electron chi connectivity index (χ0n) is 13.7. The molecule has 4 rings (SSSR count). The summed E-state index contributed by atoms with van der Waals surface area (Å²) in [6, 6.07) is 10.1. The Morgan fingerprint density at radius 3 is 2.92 bits per heavy atom. The second-order valence-corrected chi connectivity index (χ2v) is 7.42. The van der Waals surface area contributed by atoms with Gasteiger partial charge in [0.2, 0.25) is 0 Å². The number of hydrogen-bond donors (Lipinski definition) is 2. The van der Waals surface area contributed by atoms with Gasteiger partial charge in [-0.1, -0.05) is 18.2 Å². The zero-order chi connectivity index (χ0) is 17.2. The van der Waals surface area contributed by atoms with Crippen LogP contribution in [0.2, 0.25) is 0 Å². The number of aromatic nitrogens is 2. The molecule has 3 heterocycles. The van der Waals surface area contributed by atoms with Gasteiger partial charge in [0.05, 0.1) is 18.5 Å². The average molecular weight is 359 g/mol. The summed E-state index contributed by atoms with van der Waals surface area (Å²) in [5, 5.41) is 20.6. The minimum absolute atomic E-state index is 0.243. The van der Waals surface area contributed by atoms with Crippen molar-refractivity contribution in [2.75, 3.05) is 5.75 Å². The van der Waals surface area contributed by atoms with Crippen molar-refractivity contribution in [1.82, 2.24) is 9.55 Å². The van der Waals surface area contributed by atoms with Crippen LogP contribution in [-0.4, -0.2) is 43.9 Å². The molecule has 0 aliphatic carbocycles. The fourth-order valence-electron chi connectivity index (χ4n) is 3.20. The van der Waals surface area contributed by atoms with Crippen molar-refractivity contribution in [2.45, 2.75) is 48.7 Å². The Bertz CT molecular complexity index is 749. The summed E-state index contributed by atoms with van der Waals surface area (Å²) in [4.78, 5) is 9.91. The first-order valence-electron chi connectivity index (χ1n) is 8.51. The highest BCUT2D eigenvalue weighted by Crippen LogP contribution is 2.38. The van der Waals surface area contributed by atoms with Crippen LogP contribution in [0.5, 0.6) is 0 Å². The molecule has 0 amide bonds. The number of hydrogen-bond acceptors (Lipinski definition) is 6. The molecule has 0 bridgehead atoms. The highest BCUT2D eigenvalue weighted by atomic mass is 32.2. The molecular weight excluding hydrogens is 338 g/mol. The van der Waals surface area contributed by atoms with Crippen LogP contribution in [0.4, 0.5) is 5.82 Å². The Labute approximate surface area is 150 Å². The lowest BCUT2D eigenvalue weighted by Crippen LogP contribution is -2.23. The molecule has 1 aromatic carbocycles. The number of rotatable bonds is 4. The molecule has 132 valence electrons. The maximum atomic E-state index is 10.4. The molecule has 1 aromatic heterocycles. The minimum Gasteiger partial charge on any atom is -0.390 e. The van der Waals surface area contributed by atoms with Crippen LogP contribution < -0.4 is 0 Å². The van der Waals surface area contributed by atoms with Crippen LogP contribution in [0.1, 0.15) is 37.3 Å². The van der Waals surface area contributed by atoms with Gasteiger partial charge in [-0.25, -0.2) is 9.98 Å². The van der Waals surface area contributed by atoms with Gasteiger partial charge in [-0.2, -0.15) is 0 Å². The second-order valence-electron chi connectivity index (χ2n) is 6.32. The standard InChI is InChI=1S/C18H21N3O3S/c22-13-7-4-8-19-18-17(13)20-11-21(18)16-9-14(23)15(24-16)10-25-12-5-2-1-3-6-12/h1-3,5-6,8,11,13-16,22-23H,4,7,9-10H2/t13?,14?,15-,16-/m1/s1. The molecule has 2 aliphatic heterocycles. The van der Waals surface area contributed by atoms with Crippen LogP contribution in [0, 0.1) is 0 Å². The van der Waals surface area contributed by atoms with E-state index in [1.165, 1.54) is 0 Å². The van der Waals surface area contributed by atoms with Gasteiger partial charge in [0.1, 0.15) is 18.0 Å². The number of nitrogens with zero attached hydrogens (tertiary/aromatic N) is 3. The van der Waals surface area contributed by atoms with Crippen LogP contribution in [0.25, 0.3) is 0 Å². The monoisotopic (exact) mass is 359 g/mol. The molecule has 0 radical (unpaired) electrons. The van der Waals surface area contributed by atoms with Gasteiger partial charge in [0.25, 0.3) is 0 Å². The maximum Gasteiger partial charge on any atom is 0.160 e. The Morgan fingerprint density at radius 1 is 1.24 bits per heavy atom. The molecule has 7 heteroatoms.